The molecule has 0 fully saturated rings. The van der Waals surface area contributed by atoms with Gasteiger partial charge in [0.25, 0.3) is 0 Å². The molecule has 6 heteroatoms. The van der Waals surface area contributed by atoms with Crippen LogP contribution in [0.3, 0.4) is 0 Å². The fraction of sp³-hybridized carbons (Fsp3) is 0.973. The van der Waals surface area contributed by atoms with Crippen LogP contribution in [0.4, 0.5) is 0 Å². The Labute approximate surface area is 508 Å². The van der Waals surface area contributed by atoms with Crippen molar-refractivity contribution < 1.29 is 24.5 Å². The van der Waals surface area contributed by atoms with E-state index in [2.05, 4.69) is 19.2 Å². The van der Waals surface area contributed by atoms with Gasteiger partial charge in [0.15, 0.2) is 0 Å². The van der Waals surface area contributed by atoms with Crippen LogP contribution in [-0.4, -0.2) is 47.4 Å². The van der Waals surface area contributed by atoms with Crippen LogP contribution in [0, 0.1) is 0 Å². The van der Waals surface area contributed by atoms with Gasteiger partial charge < -0.3 is 20.3 Å². The van der Waals surface area contributed by atoms with Crippen LogP contribution in [0.5, 0.6) is 0 Å². The number of hydrogen-bond donors (Lipinski definition) is 3. The lowest BCUT2D eigenvalue weighted by Gasteiger charge is -2.22. The average Bonchev–Trinajstić information content (AvgIpc) is 3.47. The number of ether oxygens (including phenoxy) is 1. The number of nitrogens with one attached hydrogen (secondary N) is 1. The summed E-state index contributed by atoms with van der Waals surface area (Å²) >= 11 is 0. The SMILES string of the molecule is CCCCCCCCCCCCCCCCCCCCCCC(O)C(CO)NC(=O)CCCCCCCCCCCCCCCCCCCCCCCCCCCCCCCCCOC(=O)CCCCCCCCCCCCCCC. The second-order valence-corrected chi connectivity index (χ2v) is 26.4. The van der Waals surface area contributed by atoms with Crippen LogP contribution in [0.15, 0.2) is 0 Å². The van der Waals surface area contributed by atoms with Gasteiger partial charge in [-0.05, 0) is 25.7 Å². The van der Waals surface area contributed by atoms with Crippen molar-refractivity contribution in [2.45, 2.75) is 456 Å². The van der Waals surface area contributed by atoms with Gasteiger partial charge in [0, 0.05) is 12.8 Å². The number of rotatable bonds is 72. The molecule has 0 spiro atoms. The Morgan fingerprint density at radius 3 is 0.753 bits per heavy atom. The van der Waals surface area contributed by atoms with Gasteiger partial charge in [0.2, 0.25) is 5.91 Å². The van der Waals surface area contributed by atoms with Crippen LogP contribution in [0.25, 0.3) is 0 Å². The second kappa shape index (κ2) is 71.3. The number of amides is 1. The number of unbranched alkanes of at least 4 members (excludes halogenated alkanes) is 61. The maximum Gasteiger partial charge on any atom is 0.305 e. The van der Waals surface area contributed by atoms with Crippen molar-refractivity contribution in [2.75, 3.05) is 13.2 Å². The maximum absolute atomic E-state index is 12.6. The summed E-state index contributed by atoms with van der Waals surface area (Å²) in [7, 11) is 0. The molecule has 0 saturated heterocycles. The zero-order chi connectivity index (χ0) is 58.5. The van der Waals surface area contributed by atoms with Gasteiger partial charge in [-0.2, -0.15) is 0 Å². The van der Waals surface area contributed by atoms with Crippen molar-refractivity contribution in [2.24, 2.45) is 0 Å². The van der Waals surface area contributed by atoms with Crippen LogP contribution in [0.2, 0.25) is 0 Å². The molecule has 0 aliphatic rings. The lowest BCUT2D eigenvalue weighted by molar-refractivity contribution is -0.143. The van der Waals surface area contributed by atoms with Crippen molar-refractivity contribution in [3.05, 3.63) is 0 Å². The zero-order valence-electron chi connectivity index (χ0n) is 55.6. The van der Waals surface area contributed by atoms with Crippen molar-refractivity contribution in [1.29, 1.82) is 0 Å². The van der Waals surface area contributed by atoms with Crippen LogP contribution >= 0.6 is 0 Å². The molecule has 0 aliphatic heterocycles. The zero-order valence-corrected chi connectivity index (χ0v) is 55.6. The topological polar surface area (TPSA) is 95.9 Å². The highest BCUT2D eigenvalue weighted by molar-refractivity contribution is 5.76. The van der Waals surface area contributed by atoms with E-state index in [9.17, 15) is 19.8 Å². The Hall–Kier alpha value is -1.14. The summed E-state index contributed by atoms with van der Waals surface area (Å²) in [5.74, 6) is -0.00154. The van der Waals surface area contributed by atoms with Crippen LogP contribution in [-0.2, 0) is 14.3 Å². The molecule has 0 aromatic heterocycles. The van der Waals surface area contributed by atoms with Gasteiger partial charge in [-0.3, -0.25) is 9.59 Å². The summed E-state index contributed by atoms with van der Waals surface area (Å²) in [5.41, 5.74) is 0. The predicted octanol–water partition coefficient (Wildman–Crippen LogP) is 24.5. The number of carbonyl (C=O) groups is 2. The first-order valence-corrected chi connectivity index (χ1v) is 37.8. The Bertz CT molecular complexity index is 1180. The molecule has 0 bridgehead atoms. The fourth-order valence-electron chi connectivity index (χ4n) is 12.4. The number of hydrogen-bond acceptors (Lipinski definition) is 5. The number of aliphatic hydroxyl groups excluding tert-OH is 2. The molecule has 0 aromatic rings. The quantitative estimate of drug-likeness (QED) is 0.0417. The monoisotopic (exact) mass is 1140 g/mol. The summed E-state index contributed by atoms with van der Waals surface area (Å²) in [4.78, 5) is 24.6. The molecule has 2 atom stereocenters. The third kappa shape index (κ3) is 67.9. The standard InChI is InChI=1S/C75H149NO5/c1-3-5-7-9-11-13-15-17-18-19-20-34-37-40-44-47-51-55-59-63-67-73(78)72(71-77)76-74(79)68-64-60-56-52-48-45-41-38-35-32-30-28-26-24-22-21-23-25-27-29-31-33-36-39-42-46-50-54-58-62-66-70-81-75(80)69-65-61-57-53-49-43-16-14-12-10-8-6-4-2/h72-73,77-78H,3-71H2,1-2H3,(H,76,79). The lowest BCUT2D eigenvalue weighted by Crippen LogP contribution is -2.45. The molecule has 0 saturated carbocycles. The van der Waals surface area contributed by atoms with E-state index >= 15 is 0 Å². The Morgan fingerprint density at radius 2 is 0.506 bits per heavy atom. The summed E-state index contributed by atoms with van der Waals surface area (Å²) in [6.07, 6.45) is 87.5. The van der Waals surface area contributed by atoms with Crippen molar-refractivity contribution in [1.82, 2.24) is 5.32 Å². The summed E-state index contributed by atoms with van der Waals surface area (Å²) in [5, 5.41) is 23.4. The number of carbonyl (C=O) groups excluding carboxylic acids is 2. The van der Waals surface area contributed by atoms with Gasteiger partial charge in [-0.15, -0.1) is 0 Å². The largest absolute Gasteiger partial charge is 0.466 e. The maximum atomic E-state index is 12.6. The molecule has 1 amide bonds. The molecule has 0 aromatic carbocycles. The molecular weight excluding hydrogens is 995 g/mol. The second-order valence-electron chi connectivity index (χ2n) is 26.4. The van der Waals surface area contributed by atoms with Gasteiger partial charge >= 0.3 is 5.97 Å². The highest BCUT2D eigenvalue weighted by Crippen LogP contribution is 2.20. The van der Waals surface area contributed by atoms with E-state index in [4.69, 9.17) is 4.74 Å². The Balaban J connectivity index is 3.32. The van der Waals surface area contributed by atoms with Crippen molar-refractivity contribution in [3.8, 4) is 0 Å². The molecule has 2 unspecified atom stereocenters. The van der Waals surface area contributed by atoms with E-state index in [1.54, 1.807) is 0 Å². The fourth-order valence-corrected chi connectivity index (χ4v) is 12.4. The molecule has 0 heterocycles. The highest BCUT2D eigenvalue weighted by Gasteiger charge is 2.20. The van der Waals surface area contributed by atoms with Crippen LogP contribution in [0.1, 0.15) is 444 Å². The van der Waals surface area contributed by atoms with Crippen molar-refractivity contribution in [3.63, 3.8) is 0 Å². The Kier molecular flexibility index (Phi) is 70.3. The molecule has 484 valence electrons. The molecule has 0 aliphatic carbocycles. The summed E-state index contributed by atoms with van der Waals surface area (Å²) in [6.45, 7) is 5.01. The number of aliphatic hydroxyl groups is 2. The third-order valence-corrected chi connectivity index (χ3v) is 18.2. The normalized spacial score (nSPS) is 12.4. The molecule has 0 rings (SSSR count). The molecular formula is C75H149NO5. The first-order valence-electron chi connectivity index (χ1n) is 37.8. The minimum Gasteiger partial charge on any atom is -0.466 e. The first-order chi connectivity index (χ1) is 40.0. The van der Waals surface area contributed by atoms with Gasteiger partial charge in [0.05, 0.1) is 25.4 Å². The minimum absolute atomic E-state index is 0.0236. The third-order valence-electron chi connectivity index (χ3n) is 18.2. The first kappa shape index (κ1) is 79.9. The number of esters is 1. The Morgan fingerprint density at radius 1 is 0.296 bits per heavy atom. The molecule has 0 radical (unpaired) electrons. The van der Waals surface area contributed by atoms with Gasteiger partial charge in [-0.1, -0.05) is 406 Å². The van der Waals surface area contributed by atoms with Crippen LogP contribution < -0.4 is 5.32 Å². The summed E-state index contributed by atoms with van der Waals surface area (Å²) < 4.78 is 5.49. The average molecular weight is 1150 g/mol. The van der Waals surface area contributed by atoms with Gasteiger partial charge in [-0.25, -0.2) is 0 Å². The molecule has 3 N–H and O–H groups in total. The molecule has 81 heavy (non-hydrogen) atoms. The van der Waals surface area contributed by atoms with E-state index in [0.29, 0.717) is 25.9 Å². The van der Waals surface area contributed by atoms with E-state index in [-0.39, 0.29) is 18.5 Å². The highest BCUT2D eigenvalue weighted by atomic mass is 16.5. The summed E-state index contributed by atoms with van der Waals surface area (Å²) in [6, 6.07) is -0.538. The van der Waals surface area contributed by atoms with Crippen molar-refractivity contribution >= 4 is 11.9 Å². The van der Waals surface area contributed by atoms with E-state index < -0.39 is 12.1 Å². The molecule has 6 nitrogen and oxygen atoms in total. The van der Waals surface area contributed by atoms with E-state index in [1.165, 1.54) is 372 Å². The van der Waals surface area contributed by atoms with E-state index in [1.807, 2.05) is 0 Å². The van der Waals surface area contributed by atoms with Gasteiger partial charge in [0.1, 0.15) is 0 Å². The van der Waals surface area contributed by atoms with E-state index in [0.717, 1.165) is 38.5 Å². The predicted molar refractivity (Wildman–Crippen MR) is 357 cm³/mol. The minimum atomic E-state index is -0.661. The smallest absolute Gasteiger partial charge is 0.305 e. The lowest BCUT2D eigenvalue weighted by atomic mass is 10.0.